The summed E-state index contributed by atoms with van der Waals surface area (Å²) in [6.07, 6.45) is 13.6. The van der Waals surface area contributed by atoms with Gasteiger partial charge in [0.25, 0.3) is 0 Å². The summed E-state index contributed by atoms with van der Waals surface area (Å²) < 4.78 is 13.2. The molecule has 2 heterocycles. The molecule has 0 N–H and O–H groups in total. The molecular formula is C52H36O2. The van der Waals surface area contributed by atoms with Gasteiger partial charge in [-0.25, -0.2) is 0 Å². The van der Waals surface area contributed by atoms with Gasteiger partial charge in [-0.15, -0.1) is 0 Å². The van der Waals surface area contributed by atoms with Crippen molar-refractivity contribution in [1.29, 1.82) is 0 Å². The van der Waals surface area contributed by atoms with Crippen LogP contribution in [0.4, 0.5) is 0 Å². The van der Waals surface area contributed by atoms with E-state index in [0.717, 1.165) is 75.7 Å². The number of furan rings is 2. The molecule has 0 atom stereocenters. The maximum atomic E-state index is 6.86. The van der Waals surface area contributed by atoms with E-state index in [0.29, 0.717) is 0 Å². The second-order valence-electron chi connectivity index (χ2n) is 14.6. The number of rotatable bonds is 5. The molecule has 2 heteroatoms. The normalized spacial score (nSPS) is 13.5. The van der Waals surface area contributed by atoms with Crippen LogP contribution in [-0.4, -0.2) is 0 Å². The van der Waals surface area contributed by atoms with Gasteiger partial charge in [0, 0.05) is 27.3 Å². The highest BCUT2D eigenvalue weighted by Crippen LogP contribution is 2.50. The first kappa shape index (κ1) is 30.9. The first-order chi connectivity index (χ1) is 26.8. The van der Waals surface area contributed by atoms with Crippen LogP contribution in [0.1, 0.15) is 35.1 Å². The molecule has 7 aromatic carbocycles. The van der Waals surface area contributed by atoms with E-state index in [2.05, 4.69) is 152 Å². The van der Waals surface area contributed by atoms with E-state index in [4.69, 9.17) is 8.83 Å². The molecule has 9 aromatic rings. The van der Waals surface area contributed by atoms with Gasteiger partial charge in [-0.05, 0) is 123 Å². The molecule has 2 aliphatic carbocycles. The topological polar surface area (TPSA) is 26.3 Å². The van der Waals surface area contributed by atoms with Crippen LogP contribution in [0.15, 0.2) is 167 Å². The number of allylic oxidation sites excluding steroid dienone is 2. The molecule has 11 rings (SSSR count). The molecule has 54 heavy (non-hydrogen) atoms. The van der Waals surface area contributed by atoms with Crippen molar-refractivity contribution in [3.63, 3.8) is 0 Å². The lowest BCUT2D eigenvalue weighted by atomic mass is 9.75. The van der Waals surface area contributed by atoms with Crippen molar-refractivity contribution in [2.45, 2.75) is 25.7 Å². The molecule has 0 unspecified atom stereocenters. The molecule has 0 fully saturated rings. The monoisotopic (exact) mass is 692 g/mol. The fraction of sp³-hybridized carbons (Fsp3) is 0.0769. The number of para-hydroxylation sites is 1. The molecular weight excluding hydrogens is 657 g/mol. The highest BCUT2D eigenvalue weighted by molar-refractivity contribution is 6.18. The lowest BCUT2D eigenvalue weighted by Gasteiger charge is -2.28. The van der Waals surface area contributed by atoms with Crippen LogP contribution < -0.4 is 0 Å². The number of benzene rings is 7. The van der Waals surface area contributed by atoms with Crippen molar-refractivity contribution in [1.82, 2.24) is 0 Å². The average molecular weight is 693 g/mol. The Morgan fingerprint density at radius 1 is 0.426 bits per heavy atom. The van der Waals surface area contributed by atoms with Crippen molar-refractivity contribution in [2.75, 3.05) is 0 Å². The summed E-state index contributed by atoms with van der Waals surface area (Å²) in [7, 11) is 0. The Morgan fingerprint density at radius 3 is 1.87 bits per heavy atom. The Balaban J connectivity index is 1.14. The number of hydrogen-bond acceptors (Lipinski definition) is 2. The molecule has 2 aliphatic rings. The minimum atomic E-state index is 0.873. The Labute approximate surface area is 314 Å². The van der Waals surface area contributed by atoms with Crippen LogP contribution in [0.3, 0.4) is 0 Å². The van der Waals surface area contributed by atoms with Crippen LogP contribution in [-0.2, 0) is 12.8 Å². The largest absolute Gasteiger partial charge is 0.456 e. The SMILES string of the molecule is C1=Cc2c(c(-c3cccc(-c4ccccc4)c3)c3c(c2-c2ccc(-c4ccc5oc(-c6ccccc6)cc5c4)c4oc5ccccc5c24)C=CCC3)CC1. The summed E-state index contributed by atoms with van der Waals surface area (Å²) in [6, 6.07) is 52.0. The zero-order chi connectivity index (χ0) is 35.6. The van der Waals surface area contributed by atoms with Crippen molar-refractivity contribution in [3.8, 4) is 55.8 Å². The van der Waals surface area contributed by atoms with Gasteiger partial charge in [-0.1, -0.05) is 133 Å². The Hall–Kier alpha value is -6.64. The smallest absolute Gasteiger partial charge is 0.143 e. The molecule has 0 saturated heterocycles. The lowest BCUT2D eigenvalue weighted by molar-refractivity contribution is 0.631. The van der Waals surface area contributed by atoms with E-state index >= 15 is 0 Å². The van der Waals surface area contributed by atoms with Crippen molar-refractivity contribution in [2.24, 2.45) is 0 Å². The predicted molar refractivity (Wildman–Crippen MR) is 225 cm³/mol. The van der Waals surface area contributed by atoms with E-state index in [9.17, 15) is 0 Å². The summed E-state index contributed by atoms with van der Waals surface area (Å²) in [4.78, 5) is 0. The van der Waals surface area contributed by atoms with Crippen LogP contribution in [0.5, 0.6) is 0 Å². The quantitative estimate of drug-likeness (QED) is 0.179. The summed E-state index contributed by atoms with van der Waals surface area (Å²) >= 11 is 0. The second-order valence-corrected chi connectivity index (χ2v) is 14.6. The van der Waals surface area contributed by atoms with Gasteiger partial charge in [0.05, 0.1) is 0 Å². The van der Waals surface area contributed by atoms with Crippen LogP contribution in [0.25, 0.3) is 101 Å². The third kappa shape index (κ3) is 4.94. The zero-order valence-electron chi connectivity index (χ0n) is 29.8. The third-order valence-electron chi connectivity index (χ3n) is 11.4. The predicted octanol–water partition coefficient (Wildman–Crippen LogP) is 14.6. The van der Waals surface area contributed by atoms with E-state index in [1.54, 1.807) is 0 Å². The molecule has 0 aliphatic heterocycles. The molecule has 0 amide bonds. The highest BCUT2D eigenvalue weighted by atomic mass is 16.3. The van der Waals surface area contributed by atoms with E-state index in [-0.39, 0.29) is 0 Å². The first-order valence-electron chi connectivity index (χ1n) is 19.0. The highest BCUT2D eigenvalue weighted by Gasteiger charge is 2.28. The van der Waals surface area contributed by atoms with Crippen molar-refractivity contribution < 1.29 is 8.83 Å². The van der Waals surface area contributed by atoms with Crippen LogP contribution >= 0.6 is 0 Å². The van der Waals surface area contributed by atoms with Gasteiger partial charge in [-0.3, -0.25) is 0 Å². The van der Waals surface area contributed by atoms with Crippen LogP contribution in [0, 0.1) is 0 Å². The molecule has 256 valence electrons. The first-order valence-corrected chi connectivity index (χ1v) is 19.0. The molecule has 0 bridgehead atoms. The fourth-order valence-electron chi connectivity index (χ4n) is 8.99. The zero-order valence-corrected chi connectivity index (χ0v) is 29.8. The van der Waals surface area contributed by atoms with Crippen molar-refractivity contribution >= 4 is 45.1 Å². The van der Waals surface area contributed by atoms with Gasteiger partial charge in [0.2, 0.25) is 0 Å². The minimum Gasteiger partial charge on any atom is -0.456 e. The maximum absolute atomic E-state index is 6.86. The average Bonchev–Trinajstić information content (AvgIpc) is 3.85. The van der Waals surface area contributed by atoms with Gasteiger partial charge in [0.15, 0.2) is 0 Å². The van der Waals surface area contributed by atoms with Gasteiger partial charge >= 0.3 is 0 Å². The number of fused-ring (bicyclic) bond motifs is 6. The molecule has 2 nitrogen and oxygen atoms in total. The van der Waals surface area contributed by atoms with Crippen molar-refractivity contribution in [3.05, 3.63) is 180 Å². The minimum absolute atomic E-state index is 0.873. The molecule has 0 radical (unpaired) electrons. The van der Waals surface area contributed by atoms with Gasteiger partial charge in [0.1, 0.15) is 22.5 Å². The summed E-state index contributed by atoms with van der Waals surface area (Å²) in [5, 5.41) is 3.38. The Bertz CT molecular complexity index is 2930. The van der Waals surface area contributed by atoms with Gasteiger partial charge in [-0.2, -0.15) is 0 Å². The lowest BCUT2D eigenvalue weighted by Crippen LogP contribution is -2.09. The third-order valence-corrected chi connectivity index (χ3v) is 11.4. The standard InChI is InChI=1S/C52H36O2/c1-3-14-33(15-4-1)35-18-13-19-37(30-35)49-40-20-7-9-22-42(40)50(43-23-10-8-21-41(43)49)45-28-27-39(52-51(45)44-24-11-12-25-47(44)54-52)36-26-29-46-38(31-36)32-48(53-46)34-16-5-2-6-17-34/h1-6,9-19,22-32H,7-8,20-21H2. The van der Waals surface area contributed by atoms with E-state index in [1.807, 2.05) is 18.2 Å². The fourth-order valence-corrected chi connectivity index (χ4v) is 8.99. The summed E-state index contributed by atoms with van der Waals surface area (Å²) in [6.45, 7) is 0. The Morgan fingerprint density at radius 2 is 1.09 bits per heavy atom. The summed E-state index contributed by atoms with van der Waals surface area (Å²) in [5.41, 5.74) is 19.3. The van der Waals surface area contributed by atoms with E-state index < -0.39 is 0 Å². The Kier molecular flexibility index (Phi) is 7.16. The molecule has 0 spiro atoms. The van der Waals surface area contributed by atoms with Crippen LogP contribution in [0.2, 0.25) is 0 Å². The molecule has 0 saturated carbocycles. The van der Waals surface area contributed by atoms with E-state index in [1.165, 1.54) is 61.0 Å². The number of hydrogen-bond donors (Lipinski definition) is 0. The summed E-state index contributed by atoms with van der Waals surface area (Å²) in [5.74, 6) is 0.873. The van der Waals surface area contributed by atoms with Gasteiger partial charge < -0.3 is 8.83 Å². The second kappa shape index (κ2) is 12.5. The maximum Gasteiger partial charge on any atom is 0.143 e. The molecule has 2 aromatic heterocycles.